The van der Waals surface area contributed by atoms with Crippen LogP contribution in [0.15, 0.2) is 36.7 Å². The lowest BCUT2D eigenvalue weighted by atomic mass is 10.1. The Bertz CT molecular complexity index is 1240. The molecule has 0 aromatic carbocycles. The highest BCUT2D eigenvalue weighted by molar-refractivity contribution is 7.53. The van der Waals surface area contributed by atoms with Gasteiger partial charge >= 0.3 is 7.60 Å². The molecule has 2 N–H and O–H groups in total. The largest absolute Gasteiger partial charge is 0.382 e. The van der Waals surface area contributed by atoms with Gasteiger partial charge in [-0.15, -0.1) is 0 Å². The van der Waals surface area contributed by atoms with E-state index in [0.29, 0.717) is 16.6 Å². The van der Waals surface area contributed by atoms with Crippen molar-refractivity contribution >= 4 is 30.0 Å². The molecule has 30 heavy (non-hydrogen) atoms. The molecule has 0 spiro atoms. The van der Waals surface area contributed by atoms with E-state index in [1.54, 1.807) is 30.8 Å². The molecule has 0 aliphatic heterocycles. The molecule has 9 nitrogen and oxygen atoms in total. The Kier molecular flexibility index (Phi) is 5.55. The van der Waals surface area contributed by atoms with Gasteiger partial charge in [0.25, 0.3) is 0 Å². The fourth-order valence-electron chi connectivity index (χ4n) is 3.33. The minimum atomic E-state index is -3.27. The van der Waals surface area contributed by atoms with Gasteiger partial charge in [-0.25, -0.2) is 18.6 Å². The Labute approximate surface area is 172 Å². The van der Waals surface area contributed by atoms with Crippen LogP contribution in [0.25, 0.3) is 27.8 Å². The second-order valence-corrected chi connectivity index (χ2v) is 8.74. The molecule has 0 unspecified atom stereocenters. The summed E-state index contributed by atoms with van der Waals surface area (Å²) < 4.78 is 41.5. The van der Waals surface area contributed by atoms with E-state index in [2.05, 4.69) is 15.2 Å². The molecule has 4 rings (SSSR count). The van der Waals surface area contributed by atoms with Crippen LogP contribution in [0.5, 0.6) is 0 Å². The smallest absolute Gasteiger partial charge is 0.332 e. The molecule has 4 aromatic rings. The summed E-state index contributed by atoms with van der Waals surface area (Å²) in [5.74, 6) is -0.382. The number of pyridine rings is 2. The van der Waals surface area contributed by atoms with Crippen molar-refractivity contribution in [1.82, 2.24) is 24.4 Å². The molecule has 4 aromatic heterocycles. The Morgan fingerprint density at radius 2 is 2.00 bits per heavy atom. The molecule has 0 atom stereocenters. The molecule has 4 heterocycles. The highest BCUT2D eigenvalue weighted by Gasteiger charge is 2.25. The molecule has 0 saturated carbocycles. The number of rotatable bonds is 8. The van der Waals surface area contributed by atoms with Crippen LogP contribution in [0.3, 0.4) is 0 Å². The monoisotopic (exact) mass is 432 g/mol. The molecule has 0 amide bonds. The molecule has 158 valence electrons. The summed E-state index contributed by atoms with van der Waals surface area (Å²) in [6.07, 6.45) is 3.43. The van der Waals surface area contributed by atoms with Crippen molar-refractivity contribution < 1.29 is 18.0 Å². The topological polar surface area (TPSA) is 110 Å². The van der Waals surface area contributed by atoms with E-state index < -0.39 is 13.4 Å². The first kappa shape index (κ1) is 20.5. The maximum absolute atomic E-state index is 14.9. The van der Waals surface area contributed by atoms with Crippen molar-refractivity contribution in [2.75, 3.05) is 25.1 Å². The van der Waals surface area contributed by atoms with Crippen LogP contribution in [0.1, 0.15) is 13.8 Å². The van der Waals surface area contributed by atoms with Crippen molar-refractivity contribution in [2.45, 2.75) is 20.4 Å². The van der Waals surface area contributed by atoms with Gasteiger partial charge in [0.05, 0.1) is 43.0 Å². The molecule has 0 bridgehead atoms. The number of aromatic nitrogens is 5. The van der Waals surface area contributed by atoms with Gasteiger partial charge in [-0.1, -0.05) is 6.07 Å². The van der Waals surface area contributed by atoms with E-state index >= 15 is 0 Å². The number of nitrogen functional groups attached to an aromatic ring is 1. The number of hydrogen-bond acceptors (Lipinski definition) is 7. The van der Waals surface area contributed by atoms with E-state index in [-0.39, 0.29) is 37.4 Å². The van der Waals surface area contributed by atoms with Gasteiger partial charge in [-0.05, 0) is 32.0 Å². The second-order valence-electron chi connectivity index (χ2n) is 6.56. The lowest BCUT2D eigenvalue weighted by Crippen LogP contribution is -2.10. The quantitative estimate of drug-likeness (QED) is 0.423. The average Bonchev–Trinajstić information content (AvgIpc) is 3.27. The standard InChI is InChI=1S/C19H22FN6O3P/c1-3-28-30(27,29-4-2)10-9-26-19-13(18(21)24-26)11-15(20)17(23-19)14-12-22-25-8-6-5-7-16(14)25/h5-8,11-12H,3-4,9-10H2,1-2H3,(H2,21,24). The van der Waals surface area contributed by atoms with Gasteiger partial charge in [0.2, 0.25) is 0 Å². The molecule has 0 saturated heterocycles. The molecule has 0 aliphatic carbocycles. The number of aryl methyl sites for hydroxylation is 1. The van der Waals surface area contributed by atoms with E-state index in [9.17, 15) is 8.96 Å². The summed E-state index contributed by atoms with van der Waals surface area (Å²) in [5, 5.41) is 8.88. The van der Waals surface area contributed by atoms with Crippen molar-refractivity contribution in [3.63, 3.8) is 0 Å². The lowest BCUT2D eigenvalue weighted by molar-refractivity contribution is 0.219. The van der Waals surface area contributed by atoms with Gasteiger partial charge in [-0.2, -0.15) is 10.2 Å². The summed E-state index contributed by atoms with van der Waals surface area (Å²) >= 11 is 0. The third-order valence-corrected chi connectivity index (χ3v) is 6.67. The van der Waals surface area contributed by atoms with Gasteiger partial charge in [0.15, 0.2) is 17.3 Å². The predicted octanol–water partition coefficient (Wildman–Crippen LogP) is 3.73. The van der Waals surface area contributed by atoms with Crippen LogP contribution in [-0.2, 0) is 20.2 Å². The average molecular weight is 432 g/mol. The summed E-state index contributed by atoms with van der Waals surface area (Å²) in [4.78, 5) is 4.50. The van der Waals surface area contributed by atoms with Crippen LogP contribution in [-0.4, -0.2) is 43.8 Å². The third kappa shape index (κ3) is 3.69. The van der Waals surface area contributed by atoms with Crippen molar-refractivity contribution in [3.8, 4) is 11.3 Å². The van der Waals surface area contributed by atoms with Gasteiger partial charge in [0, 0.05) is 11.8 Å². The number of hydrogen-bond donors (Lipinski definition) is 1. The van der Waals surface area contributed by atoms with Crippen molar-refractivity contribution in [3.05, 3.63) is 42.5 Å². The molecule has 11 heteroatoms. The number of nitrogens with zero attached hydrogens (tertiary/aromatic N) is 5. The predicted molar refractivity (Wildman–Crippen MR) is 112 cm³/mol. The van der Waals surface area contributed by atoms with E-state index in [4.69, 9.17) is 14.8 Å². The molecule has 0 fully saturated rings. The van der Waals surface area contributed by atoms with Crippen LogP contribution in [0.2, 0.25) is 0 Å². The van der Waals surface area contributed by atoms with E-state index in [1.807, 2.05) is 18.2 Å². The number of halogens is 1. The Morgan fingerprint density at radius 3 is 2.73 bits per heavy atom. The normalized spacial score (nSPS) is 12.2. The third-order valence-electron chi connectivity index (χ3n) is 4.62. The lowest BCUT2D eigenvalue weighted by Gasteiger charge is -2.16. The van der Waals surface area contributed by atoms with Gasteiger partial charge < -0.3 is 14.8 Å². The molecular formula is C19H22FN6O3P. The zero-order chi connectivity index (χ0) is 21.3. The van der Waals surface area contributed by atoms with Crippen molar-refractivity contribution in [2.24, 2.45) is 0 Å². The Hall–Kier alpha value is -2.81. The summed E-state index contributed by atoms with van der Waals surface area (Å²) in [7, 11) is -3.27. The fraction of sp³-hybridized carbons (Fsp3) is 0.316. The Morgan fingerprint density at radius 1 is 1.23 bits per heavy atom. The minimum Gasteiger partial charge on any atom is -0.382 e. The molecule has 0 aliphatic rings. The van der Waals surface area contributed by atoms with Gasteiger partial charge in [-0.3, -0.25) is 4.57 Å². The number of fused-ring (bicyclic) bond motifs is 2. The maximum atomic E-state index is 14.9. The van der Waals surface area contributed by atoms with Crippen LogP contribution < -0.4 is 5.73 Å². The SMILES string of the molecule is CCOP(=O)(CCn1nc(N)c2cc(F)c(-c3cnn4ccccc34)nc21)OCC. The first-order valence-corrected chi connectivity index (χ1v) is 11.3. The maximum Gasteiger partial charge on any atom is 0.332 e. The molecule has 0 radical (unpaired) electrons. The van der Waals surface area contributed by atoms with Gasteiger partial charge in [0.1, 0.15) is 5.69 Å². The Balaban J connectivity index is 1.76. The van der Waals surface area contributed by atoms with Crippen LogP contribution >= 0.6 is 7.60 Å². The van der Waals surface area contributed by atoms with Crippen LogP contribution in [0, 0.1) is 5.82 Å². The summed E-state index contributed by atoms with van der Waals surface area (Å²) in [6.45, 7) is 4.22. The fourth-order valence-corrected chi connectivity index (χ4v) is 4.89. The highest BCUT2D eigenvalue weighted by atomic mass is 31.2. The number of anilines is 1. The first-order chi connectivity index (χ1) is 14.5. The van der Waals surface area contributed by atoms with E-state index in [0.717, 1.165) is 5.52 Å². The van der Waals surface area contributed by atoms with Crippen LogP contribution in [0.4, 0.5) is 10.2 Å². The van der Waals surface area contributed by atoms with Crippen molar-refractivity contribution in [1.29, 1.82) is 0 Å². The minimum absolute atomic E-state index is 0.0933. The van der Waals surface area contributed by atoms with E-state index in [1.165, 1.54) is 10.7 Å². The first-order valence-electron chi connectivity index (χ1n) is 9.59. The number of nitrogens with two attached hydrogens (primary N) is 1. The zero-order valence-corrected chi connectivity index (χ0v) is 17.6. The summed E-state index contributed by atoms with van der Waals surface area (Å²) in [5.41, 5.74) is 7.78. The molecular weight excluding hydrogens is 410 g/mol. The second kappa shape index (κ2) is 8.14. The summed E-state index contributed by atoms with van der Waals surface area (Å²) in [6, 6.07) is 6.83. The zero-order valence-electron chi connectivity index (χ0n) is 16.7. The highest BCUT2D eigenvalue weighted by Crippen LogP contribution is 2.48.